The number of nitrogens with zero attached hydrogens (tertiary/aromatic N) is 2. The van der Waals surface area contributed by atoms with E-state index in [0.717, 1.165) is 30.4 Å². The Morgan fingerprint density at radius 3 is 2.65 bits per heavy atom. The zero-order valence-corrected chi connectivity index (χ0v) is 15.1. The van der Waals surface area contributed by atoms with Gasteiger partial charge in [-0.15, -0.1) is 0 Å². The normalized spacial score (nSPS) is 17.3. The molecule has 26 heavy (non-hydrogen) atoms. The highest BCUT2D eigenvalue weighted by Crippen LogP contribution is 2.20. The van der Waals surface area contributed by atoms with E-state index >= 15 is 0 Å². The molecule has 0 bridgehead atoms. The smallest absolute Gasteiger partial charge is 0.290 e. The fraction of sp³-hybridized carbons (Fsp3) is 0.526. The second-order valence-corrected chi connectivity index (χ2v) is 6.94. The maximum Gasteiger partial charge on any atom is 0.290 e. The van der Waals surface area contributed by atoms with Gasteiger partial charge in [0.15, 0.2) is 5.76 Å². The Bertz CT molecular complexity index is 790. The summed E-state index contributed by atoms with van der Waals surface area (Å²) in [7, 11) is 0. The summed E-state index contributed by atoms with van der Waals surface area (Å²) in [5.41, 5.74) is 5.84. The number of hydrogen-bond donors (Lipinski definition) is 2. The lowest BCUT2D eigenvalue weighted by Gasteiger charge is -2.23. The van der Waals surface area contributed by atoms with Crippen molar-refractivity contribution in [3.05, 3.63) is 34.8 Å². The largest absolute Gasteiger partial charge is 0.463 e. The van der Waals surface area contributed by atoms with Crippen molar-refractivity contribution in [3.8, 4) is 11.5 Å². The number of rotatable bonds is 4. The molecule has 1 amide bonds. The highest BCUT2D eigenvalue weighted by Gasteiger charge is 2.23. The zero-order valence-electron chi connectivity index (χ0n) is 15.1. The number of carbonyl (C=O) groups excluding carboxylic acids is 1. The van der Waals surface area contributed by atoms with Gasteiger partial charge in [-0.2, -0.15) is 5.10 Å². The molecule has 1 fully saturated rings. The van der Waals surface area contributed by atoms with Crippen LogP contribution in [0.5, 0.6) is 0 Å². The van der Waals surface area contributed by atoms with Crippen molar-refractivity contribution in [3.63, 3.8) is 0 Å². The van der Waals surface area contributed by atoms with Gasteiger partial charge in [-0.25, -0.2) is 4.68 Å². The van der Waals surface area contributed by atoms with Crippen LogP contribution in [0.15, 0.2) is 33.7 Å². The monoisotopic (exact) mass is 358 g/mol. The molecule has 7 heteroatoms. The standard InChI is InChI=1S/C19H26N4O3/c1-13(18(24)21-14-8-5-3-2-4-6-9-14)23-19(25)15(20)12-16(22-23)17-10-7-11-26-17/h7,10-14H,2-6,8-9,20H2,1H3,(H,21,24)/t13-/m1/s1. The van der Waals surface area contributed by atoms with Crippen LogP contribution >= 0.6 is 0 Å². The van der Waals surface area contributed by atoms with Crippen LogP contribution in [-0.2, 0) is 4.79 Å². The van der Waals surface area contributed by atoms with Crippen LogP contribution in [0.25, 0.3) is 11.5 Å². The molecule has 140 valence electrons. The number of furan rings is 1. The molecule has 3 rings (SSSR count). The molecule has 0 saturated heterocycles. The van der Waals surface area contributed by atoms with E-state index in [1.54, 1.807) is 19.1 Å². The molecule has 1 atom stereocenters. The second-order valence-electron chi connectivity index (χ2n) is 6.94. The van der Waals surface area contributed by atoms with Crippen molar-refractivity contribution >= 4 is 11.6 Å². The van der Waals surface area contributed by atoms with Crippen molar-refractivity contribution < 1.29 is 9.21 Å². The molecule has 0 aromatic carbocycles. The predicted molar refractivity (Wildman–Crippen MR) is 99.6 cm³/mol. The van der Waals surface area contributed by atoms with Gasteiger partial charge in [0.1, 0.15) is 17.4 Å². The molecule has 3 N–H and O–H groups in total. The van der Waals surface area contributed by atoms with Gasteiger partial charge in [-0.3, -0.25) is 9.59 Å². The Hall–Kier alpha value is -2.57. The Kier molecular flexibility index (Phi) is 5.75. The molecule has 0 radical (unpaired) electrons. The number of aromatic nitrogens is 2. The molecule has 2 aromatic rings. The van der Waals surface area contributed by atoms with Gasteiger partial charge in [0.2, 0.25) is 5.91 Å². The first kappa shape index (κ1) is 18.2. The van der Waals surface area contributed by atoms with Crippen molar-refractivity contribution in [2.24, 2.45) is 0 Å². The summed E-state index contributed by atoms with van der Waals surface area (Å²) in [5, 5.41) is 7.38. The highest BCUT2D eigenvalue weighted by atomic mass is 16.3. The average molecular weight is 358 g/mol. The minimum Gasteiger partial charge on any atom is -0.463 e. The maximum absolute atomic E-state index is 12.7. The molecule has 2 heterocycles. The number of nitrogens with two attached hydrogens (primary N) is 1. The number of nitrogens with one attached hydrogen (secondary N) is 1. The van der Waals surface area contributed by atoms with E-state index < -0.39 is 11.6 Å². The van der Waals surface area contributed by atoms with Gasteiger partial charge >= 0.3 is 0 Å². The lowest BCUT2D eigenvalue weighted by atomic mass is 9.96. The van der Waals surface area contributed by atoms with Gasteiger partial charge in [-0.1, -0.05) is 32.1 Å². The number of anilines is 1. The summed E-state index contributed by atoms with van der Waals surface area (Å²) in [6.07, 6.45) is 9.43. The third kappa shape index (κ3) is 4.15. The predicted octanol–water partition coefficient (Wildman–Crippen LogP) is 2.88. The third-order valence-electron chi connectivity index (χ3n) is 4.93. The van der Waals surface area contributed by atoms with E-state index in [4.69, 9.17) is 10.2 Å². The minimum atomic E-state index is -0.745. The van der Waals surface area contributed by atoms with Crippen molar-refractivity contribution in [1.29, 1.82) is 0 Å². The quantitative estimate of drug-likeness (QED) is 0.875. The molecule has 1 aliphatic carbocycles. The van der Waals surface area contributed by atoms with Crippen LogP contribution in [-0.4, -0.2) is 21.7 Å². The van der Waals surface area contributed by atoms with Crippen molar-refractivity contribution in [2.45, 2.75) is 64.0 Å². The summed E-state index contributed by atoms with van der Waals surface area (Å²) >= 11 is 0. The molecular formula is C19H26N4O3. The molecule has 0 aliphatic heterocycles. The Morgan fingerprint density at radius 2 is 2.00 bits per heavy atom. The Morgan fingerprint density at radius 1 is 1.31 bits per heavy atom. The van der Waals surface area contributed by atoms with Gasteiger partial charge in [0.05, 0.1) is 6.26 Å². The van der Waals surface area contributed by atoms with Crippen LogP contribution in [0.2, 0.25) is 0 Å². The van der Waals surface area contributed by atoms with Crippen LogP contribution in [0.4, 0.5) is 5.69 Å². The minimum absolute atomic E-state index is 0.0389. The molecule has 7 nitrogen and oxygen atoms in total. The van der Waals surface area contributed by atoms with E-state index in [2.05, 4.69) is 10.4 Å². The summed E-state index contributed by atoms with van der Waals surface area (Å²) in [6, 6.07) is 4.34. The molecular weight excluding hydrogens is 332 g/mol. The van der Waals surface area contributed by atoms with E-state index in [-0.39, 0.29) is 17.6 Å². The first-order valence-electron chi connectivity index (χ1n) is 9.30. The number of amides is 1. The van der Waals surface area contributed by atoms with E-state index in [0.29, 0.717) is 11.5 Å². The first-order chi connectivity index (χ1) is 12.6. The van der Waals surface area contributed by atoms with Gasteiger partial charge in [0.25, 0.3) is 5.56 Å². The SMILES string of the molecule is C[C@H](C(=O)NC1CCCCCCC1)n1nc(-c2ccco2)cc(N)c1=O. The van der Waals surface area contributed by atoms with Crippen molar-refractivity contribution in [1.82, 2.24) is 15.1 Å². The van der Waals surface area contributed by atoms with Crippen LogP contribution in [0.3, 0.4) is 0 Å². The van der Waals surface area contributed by atoms with Crippen LogP contribution < -0.4 is 16.6 Å². The van der Waals surface area contributed by atoms with Gasteiger partial charge in [0, 0.05) is 6.04 Å². The fourth-order valence-electron chi connectivity index (χ4n) is 3.37. The number of hydrogen-bond acceptors (Lipinski definition) is 5. The average Bonchev–Trinajstić information content (AvgIpc) is 3.13. The zero-order chi connectivity index (χ0) is 18.5. The summed E-state index contributed by atoms with van der Waals surface area (Å²) in [6.45, 7) is 1.66. The van der Waals surface area contributed by atoms with Crippen molar-refractivity contribution in [2.75, 3.05) is 5.73 Å². The summed E-state index contributed by atoms with van der Waals surface area (Å²) in [5.74, 6) is 0.291. The number of nitrogen functional groups attached to an aromatic ring is 1. The van der Waals surface area contributed by atoms with Gasteiger partial charge in [-0.05, 0) is 38.0 Å². The van der Waals surface area contributed by atoms with E-state index in [1.807, 2.05) is 0 Å². The highest BCUT2D eigenvalue weighted by molar-refractivity contribution is 5.80. The first-order valence-corrected chi connectivity index (χ1v) is 9.30. The summed E-state index contributed by atoms with van der Waals surface area (Å²) in [4.78, 5) is 25.1. The van der Waals surface area contributed by atoms with E-state index in [9.17, 15) is 9.59 Å². The third-order valence-corrected chi connectivity index (χ3v) is 4.93. The van der Waals surface area contributed by atoms with Gasteiger partial charge < -0.3 is 15.5 Å². The Balaban J connectivity index is 1.78. The lowest BCUT2D eigenvalue weighted by Crippen LogP contribution is -2.42. The fourth-order valence-corrected chi connectivity index (χ4v) is 3.37. The maximum atomic E-state index is 12.7. The van der Waals surface area contributed by atoms with Crippen LogP contribution in [0.1, 0.15) is 57.9 Å². The summed E-state index contributed by atoms with van der Waals surface area (Å²) < 4.78 is 6.47. The lowest BCUT2D eigenvalue weighted by molar-refractivity contribution is -0.125. The molecule has 0 unspecified atom stereocenters. The van der Waals surface area contributed by atoms with E-state index in [1.165, 1.54) is 31.6 Å². The number of carbonyl (C=O) groups is 1. The Labute approximate surface area is 152 Å². The molecule has 2 aromatic heterocycles. The topological polar surface area (TPSA) is 103 Å². The molecule has 1 aliphatic rings. The second kappa shape index (κ2) is 8.21. The van der Waals surface area contributed by atoms with Crippen LogP contribution in [0, 0.1) is 0 Å². The molecule has 0 spiro atoms. The molecule has 1 saturated carbocycles.